The molecule has 0 bridgehead atoms. The van der Waals surface area contributed by atoms with Crippen LogP contribution in [0.1, 0.15) is 0 Å². The van der Waals surface area contributed by atoms with Gasteiger partial charge in [0.1, 0.15) is 26.4 Å². The van der Waals surface area contributed by atoms with Crippen LogP contribution in [0.3, 0.4) is 0 Å². The SMILES string of the molecule is C=CC(=O)OCCOCCOc1ccc2ccccc2c1OCCOCCOC(=O)C=C. The van der Waals surface area contributed by atoms with E-state index >= 15 is 0 Å². The quantitative estimate of drug-likeness (QED) is 0.222. The van der Waals surface area contributed by atoms with E-state index in [-0.39, 0.29) is 26.4 Å². The zero-order valence-electron chi connectivity index (χ0n) is 18.0. The van der Waals surface area contributed by atoms with Crippen LogP contribution in [-0.4, -0.2) is 64.8 Å². The topological polar surface area (TPSA) is 89.5 Å². The fraction of sp³-hybridized carbons (Fsp3) is 0.333. The Morgan fingerprint density at radius 2 is 1.25 bits per heavy atom. The number of fused-ring (bicyclic) bond motifs is 1. The summed E-state index contributed by atoms with van der Waals surface area (Å²) in [6.07, 6.45) is 2.21. The van der Waals surface area contributed by atoms with Gasteiger partial charge >= 0.3 is 11.9 Å². The summed E-state index contributed by atoms with van der Waals surface area (Å²) in [7, 11) is 0. The molecular weight excluding hydrogens is 416 g/mol. The van der Waals surface area contributed by atoms with Crippen LogP contribution in [-0.2, 0) is 28.5 Å². The smallest absolute Gasteiger partial charge is 0.330 e. The Morgan fingerprint density at radius 3 is 1.88 bits per heavy atom. The first-order valence-electron chi connectivity index (χ1n) is 10.2. The molecule has 0 fully saturated rings. The maximum atomic E-state index is 11.0. The fourth-order valence-corrected chi connectivity index (χ4v) is 2.62. The second-order valence-electron chi connectivity index (χ2n) is 6.28. The molecule has 0 N–H and O–H groups in total. The number of hydrogen-bond donors (Lipinski definition) is 0. The van der Waals surface area contributed by atoms with Gasteiger partial charge in [0, 0.05) is 17.5 Å². The van der Waals surface area contributed by atoms with Crippen LogP contribution in [0.25, 0.3) is 10.8 Å². The van der Waals surface area contributed by atoms with E-state index < -0.39 is 11.9 Å². The Labute approximate surface area is 187 Å². The first-order chi connectivity index (χ1) is 15.7. The molecule has 0 aliphatic heterocycles. The lowest BCUT2D eigenvalue weighted by Gasteiger charge is -2.15. The predicted octanol–water partition coefficient (Wildman–Crippen LogP) is 3.09. The molecule has 0 aliphatic carbocycles. The van der Waals surface area contributed by atoms with Gasteiger partial charge in [0.25, 0.3) is 0 Å². The van der Waals surface area contributed by atoms with E-state index in [1.54, 1.807) is 0 Å². The lowest BCUT2D eigenvalue weighted by Crippen LogP contribution is -2.14. The number of benzene rings is 2. The number of ether oxygens (including phenoxy) is 6. The van der Waals surface area contributed by atoms with Gasteiger partial charge in [-0.25, -0.2) is 9.59 Å². The molecule has 0 amide bonds. The summed E-state index contributed by atoms with van der Waals surface area (Å²) in [5.41, 5.74) is 0. The summed E-state index contributed by atoms with van der Waals surface area (Å²) in [5, 5.41) is 1.94. The lowest BCUT2D eigenvalue weighted by molar-refractivity contribution is -0.140. The molecule has 0 heterocycles. The Bertz CT molecular complexity index is 893. The van der Waals surface area contributed by atoms with E-state index in [4.69, 9.17) is 28.4 Å². The molecule has 0 saturated heterocycles. The monoisotopic (exact) mass is 444 g/mol. The Hall–Kier alpha value is -3.36. The first kappa shape index (κ1) is 24.9. The van der Waals surface area contributed by atoms with Crippen molar-refractivity contribution in [2.45, 2.75) is 0 Å². The van der Waals surface area contributed by atoms with E-state index in [2.05, 4.69) is 13.2 Å². The lowest BCUT2D eigenvalue weighted by atomic mass is 10.1. The molecule has 0 aromatic heterocycles. The molecule has 0 spiro atoms. The summed E-state index contributed by atoms with van der Waals surface area (Å²) in [6.45, 7) is 8.74. The van der Waals surface area contributed by atoms with Crippen molar-refractivity contribution in [3.63, 3.8) is 0 Å². The minimum Gasteiger partial charge on any atom is -0.487 e. The summed E-state index contributed by atoms with van der Waals surface area (Å²) in [4.78, 5) is 21.9. The molecule has 8 nitrogen and oxygen atoms in total. The van der Waals surface area contributed by atoms with Gasteiger partial charge in [0.05, 0.1) is 26.4 Å². The van der Waals surface area contributed by atoms with Crippen LogP contribution in [0.15, 0.2) is 61.7 Å². The van der Waals surface area contributed by atoms with E-state index in [1.807, 2.05) is 36.4 Å². The predicted molar refractivity (Wildman–Crippen MR) is 119 cm³/mol. The average molecular weight is 444 g/mol. The summed E-state index contributed by atoms with van der Waals surface area (Å²) in [5.74, 6) is 0.240. The average Bonchev–Trinajstić information content (AvgIpc) is 2.82. The minimum atomic E-state index is -0.482. The largest absolute Gasteiger partial charge is 0.487 e. The Kier molecular flexibility index (Phi) is 11.4. The summed E-state index contributed by atoms with van der Waals surface area (Å²) in [6, 6.07) is 11.6. The Morgan fingerprint density at radius 1 is 0.688 bits per heavy atom. The van der Waals surface area contributed by atoms with Gasteiger partial charge in [-0.1, -0.05) is 43.5 Å². The van der Waals surface area contributed by atoms with Crippen LogP contribution in [0, 0.1) is 0 Å². The molecule has 0 saturated carbocycles. The molecule has 2 aromatic rings. The number of carbonyl (C=O) groups excluding carboxylic acids is 2. The molecule has 8 heteroatoms. The van der Waals surface area contributed by atoms with Gasteiger partial charge in [-0.05, 0) is 11.5 Å². The molecular formula is C24H28O8. The van der Waals surface area contributed by atoms with Gasteiger partial charge in [-0.15, -0.1) is 0 Å². The summed E-state index contributed by atoms with van der Waals surface area (Å²) < 4.78 is 32.3. The Balaban J connectivity index is 1.81. The number of rotatable bonds is 16. The fourth-order valence-electron chi connectivity index (χ4n) is 2.62. The molecule has 0 unspecified atom stereocenters. The van der Waals surface area contributed by atoms with Crippen molar-refractivity contribution >= 4 is 22.7 Å². The minimum absolute atomic E-state index is 0.153. The van der Waals surface area contributed by atoms with Crippen LogP contribution in [0.5, 0.6) is 11.5 Å². The standard InChI is InChI=1S/C24H28O8/c1-3-22(25)30-16-12-27-11-15-29-21-10-9-19-7-5-6-8-20(19)24(21)32-18-14-28-13-17-31-23(26)4-2/h3-10H,1-2,11-18H2. The number of carbonyl (C=O) groups is 2. The third-order valence-electron chi connectivity index (χ3n) is 4.08. The maximum absolute atomic E-state index is 11.0. The zero-order valence-corrected chi connectivity index (χ0v) is 18.0. The highest BCUT2D eigenvalue weighted by molar-refractivity contribution is 5.90. The molecule has 0 radical (unpaired) electrons. The van der Waals surface area contributed by atoms with Crippen molar-refractivity contribution in [3.8, 4) is 11.5 Å². The molecule has 0 aliphatic rings. The second kappa shape index (κ2) is 14.6. The normalized spacial score (nSPS) is 10.4. The van der Waals surface area contributed by atoms with Gasteiger partial charge in [-0.2, -0.15) is 0 Å². The summed E-state index contributed by atoms with van der Waals surface area (Å²) >= 11 is 0. The van der Waals surface area contributed by atoms with E-state index in [0.717, 1.165) is 22.9 Å². The van der Waals surface area contributed by atoms with Crippen molar-refractivity contribution in [2.75, 3.05) is 52.9 Å². The first-order valence-corrected chi connectivity index (χ1v) is 10.2. The van der Waals surface area contributed by atoms with Gasteiger partial charge in [0.15, 0.2) is 11.5 Å². The highest BCUT2D eigenvalue weighted by atomic mass is 16.6. The molecule has 2 rings (SSSR count). The van der Waals surface area contributed by atoms with Crippen LogP contribution in [0.2, 0.25) is 0 Å². The van der Waals surface area contributed by atoms with Crippen LogP contribution >= 0.6 is 0 Å². The second-order valence-corrected chi connectivity index (χ2v) is 6.28. The van der Waals surface area contributed by atoms with Gasteiger partial charge < -0.3 is 28.4 Å². The van der Waals surface area contributed by atoms with E-state index in [0.29, 0.717) is 37.9 Å². The molecule has 172 valence electrons. The van der Waals surface area contributed by atoms with E-state index in [9.17, 15) is 9.59 Å². The van der Waals surface area contributed by atoms with Crippen LogP contribution in [0.4, 0.5) is 0 Å². The van der Waals surface area contributed by atoms with Crippen molar-refractivity contribution in [1.82, 2.24) is 0 Å². The van der Waals surface area contributed by atoms with Gasteiger partial charge in [0.2, 0.25) is 0 Å². The molecule has 2 aromatic carbocycles. The zero-order chi connectivity index (χ0) is 23.0. The number of esters is 2. The van der Waals surface area contributed by atoms with Crippen molar-refractivity contribution in [1.29, 1.82) is 0 Å². The van der Waals surface area contributed by atoms with E-state index in [1.165, 1.54) is 0 Å². The molecule has 0 atom stereocenters. The highest BCUT2D eigenvalue weighted by Crippen LogP contribution is 2.35. The van der Waals surface area contributed by atoms with Crippen LogP contribution < -0.4 is 9.47 Å². The number of hydrogen-bond acceptors (Lipinski definition) is 8. The van der Waals surface area contributed by atoms with Gasteiger partial charge in [-0.3, -0.25) is 0 Å². The third kappa shape index (κ3) is 8.79. The van der Waals surface area contributed by atoms with Crippen molar-refractivity contribution in [3.05, 3.63) is 61.7 Å². The third-order valence-corrected chi connectivity index (χ3v) is 4.08. The van der Waals surface area contributed by atoms with Crippen molar-refractivity contribution in [2.24, 2.45) is 0 Å². The maximum Gasteiger partial charge on any atom is 0.330 e. The van der Waals surface area contributed by atoms with Crippen molar-refractivity contribution < 1.29 is 38.0 Å². The highest BCUT2D eigenvalue weighted by Gasteiger charge is 2.11. The molecule has 32 heavy (non-hydrogen) atoms.